The predicted molar refractivity (Wildman–Crippen MR) is 99.4 cm³/mol. The number of phenolic OH excluding ortho intramolecular Hbond substituents is 1. The maximum Gasteiger partial charge on any atom is 0.326 e. The normalized spacial score (nSPS) is 18.2. The third kappa shape index (κ3) is 3.84. The largest absolute Gasteiger partial charge is 0.506 e. The van der Waals surface area contributed by atoms with Gasteiger partial charge in [0.25, 0.3) is 5.91 Å². The molecule has 3 rings (SSSR count). The van der Waals surface area contributed by atoms with E-state index < -0.39 is 39.9 Å². The molecule has 1 aromatic rings. The van der Waals surface area contributed by atoms with Crippen LogP contribution in [0.4, 0.5) is 14.9 Å². The van der Waals surface area contributed by atoms with Crippen LogP contribution in [0.25, 0.3) is 0 Å². The van der Waals surface area contributed by atoms with Crippen molar-refractivity contribution in [3.05, 3.63) is 23.0 Å². The van der Waals surface area contributed by atoms with E-state index in [-0.39, 0.29) is 18.1 Å². The van der Waals surface area contributed by atoms with Gasteiger partial charge in [0.2, 0.25) is 0 Å². The zero-order chi connectivity index (χ0) is 20.6. The van der Waals surface area contributed by atoms with Crippen LogP contribution in [0.1, 0.15) is 31.4 Å². The minimum Gasteiger partial charge on any atom is -0.506 e. The molecule has 1 aromatic carbocycles. The topological polar surface area (TPSA) is 119 Å². The lowest BCUT2D eigenvalue weighted by atomic mass is 9.97. The summed E-state index contributed by atoms with van der Waals surface area (Å²) in [6, 6.07) is 0.964. The van der Waals surface area contributed by atoms with Crippen LogP contribution in [0.15, 0.2) is 6.07 Å². The molecule has 154 valence electrons. The molecule has 2 aliphatic heterocycles. The fourth-order valence-corrected chi connectivity index (χ4v) is 4.44. The van der Waals surface area contributed by atoms with Gasteiger partial charge in [0.1, 0.15) is 18.0 Å². The first-order valence-electron chi connectivity index (χ1n) is 8.99. The first kappa shape index (κ1) is 20.2. The second-order valence-electron chi connectivity index (χ2n) is 7.32. The molecule has 0 bridgehead atoms. The Morgan fingerprint density at radius 3 is 2.71 bits per heavy atom. The van der Waals surface area contributed by atoms with Crippen molar-refractivity contribution in [1.29, 1.82) is 0 Å². The van der Waals surface area contributed by atoms with Gasteiger partial charge in [-0.3, -0.25) is 4.79 Å². The number of amides is 3. The molecule has 28 heavy (non-hydrogen) atoms. The molecule has 1 saturated heterocycles. The first-order chi connectivity index (χ1) is 13.1. The van der Waals surface area contributed by atoms with Crippen molar-refractivity contribution in [3.8, 4) is 5.75 Å². The van der Waals surface area contributed by atoms with Crippen molar-refractivity contribution >= 4 is 27.8 Å². The predicted octanol–water partition coefficient (Wildman–Crippen LogP) is 0.826. The number of phenols is 1. The molecule has 3 amide bonds. The second kappa shape index (κ2) is 7.46. The van der Waals surface area contributed by atoms with Crippen molar-refractivity contribution in [2.75, 3.05) is 23.9 Å². The zero-order valence-electron chi connectivity index (χ0n) is 15.7. The van der Waals surface area contributed by atoms with Gasteiger partial charge in [0, 0.05) is 18.7 Å². The molecule has 2 heterocycles. The van der Waals surface area contributed by atoms with Gasteiger partial charge >= 0.3 is 16.2 Å². The number of urea groups is 1. The smallest absolute Gasteiger partial charge is 0.326 e. The lowest BCUT2D eigenvalue weighted by molar-refractivity contribution is -0.117. The van der Waals surface area contributed by atoms with E-state index in [1.807, 2.05) is 13.8 Å². The molecule has 1 fully saturated rings. The molecule has 2 aliphatic rings. The molecular formula is C17H23FN4O5S. The molecule has 0 radical (unpaired) electrons. The lowest BCUT2D eigenvalue weighted by Crippen LogP contribution is -2.43. The maximum absolute atomic E-state index is 15.2. The van der Waals surface area contributed by atoms with Crippen LogP contribution < -0.4 is 14.3 Å². The summed E-state index contributed by atoms with van der Waals surface area (Å²) < 4.78 is 41.5. The highest BCUT2D eigenvalue weighted by Crippen LogP contribution is 2.38. The van der Waals surface area contributed by atoms with E-state index in [0.717, 1.165) is 6.42 Å². The number of carbonyl (C=O) groups is 2. The molecule has 0 unspecified atom stereocenters. The second-order valence-corrected chi connectivity index (χ2v) is 8.91. The summed E-state index contributed by atoms with van der Waals surface area (Å²) in [4.78, 5) is 25.2. The summed E-state index contributed by atoms with van der Waals surface area (Å²) in [6.07, 6.45) is 1.14. The fourth-order valence-electron chi connectivity index (χ4n) is 3.27. The van der Waals surface area contributed by atoms with E-state index in [9.17, 15) is 23.1 Å². The van der Waals surface area contributed by atoms with Crippen molar-refractivity contribution in [2.24, 2.45) is 5.92 Å². The first-order valence-corrected chi connectivity index (χ1v) is 10.4. The number of nitrogens with one attached hydrogen (secondary N) is 2. The minimum absolute atomic E-state index is 0.0583. The summed E-state index contributed by atoms with van der Waals surface area (Å²) in [6.45, 7) is 4.25. The standard InChI is InChI=1S/C17H23FN4O5S/c1-10(2)3-5-19-17(25)21-6-4-11-7-13(23)16(15(18)12(11)8-21)22-9-14(24)20-28(22,26)27/h7,10,23H,3-6,8-9H2,1-2H3,(H,19,25)(H,20,24). The Morgan fingerprint density at radius 2 is 2.11 bits per heavy atom. The summed E-state index contributed by atoms with van der Waals surface area (Å²) >= 11 is 0. The molecule has 3 N–H and O–H groups in total. The molecule has 0 saturated carbocycles. The minimum atomic E-state index is -4.27. The number of fused-ring (bicyclic) bond motifs is 1. The van der Waals surface area contributed by atoms with Gasteiger partial charge in [0.05, 0.1) is 6.54 Å². The molecule has 9 nitrogen and oxygen atoms in total. The molecule has 0 atom stereocenters. The molecule has 0 aliphatic carbocycles. The van der Waals surface area contributed by atoms with E-state index in [4.69, 9.17) is 0 Å². The van der Waals surface area contributed by atoms with Crippen LogP contribution in [0.5, 0.6) is 5.75 Å². The Hall–Kier alpha value is -2.56. The highest BCUT2D eigenvalue weighted by Gasteiger charge is 2.39. The van der Waals surface area contributed by atoms with Crippen LogP contribution in [0, 0.1) is 11.7 Å². The Morgan fingerprint density at radius 1 is 1.39 bits per heavy atom. The average Bonchev–Trinajstić information content (AvgIpc) is 2.86. The quantitative estimate of drug-likeness (QED) is 0.674. The van der Waals surface area contributed by atoms with Gasteiger partial charge in [-0.25, -0.2) is 18.2 Å². The summed E-state index contributed by atoms with van der Waals surface area (Å²) in [5.41, 5.74) is 0.0487. The molecule has 11 heteroatoms. The average molecular weight is 414 g/mol. The molecule has 0 spiro atoms. The van der Waals surface area contributed by atoms with Crippen LogP contribution >= 0.6 is 0 Å². The highest BCUT2D eigenvalue weighted by molar-refractivity contribution is 7.92. The van der Waals surface area contributed by atoms with Crippen molar-refractivity contribution in [2.45, 2.75) is 33.2 Å². The van der Waals surface area contributed by atoms with E-state index in [1.165, 1.54) is 11.0 Å². The number of hydrogen-bond acceptors (Lipinski definition) is 5. The van der Waals surface area contributed by atoms with E-state index >= 15 is 4.39 Å². The third-order valence-corrected chi connectivity index (χ3v) is 6.15. The van der Waals surface area contributed by atoms with Crippen LogP contribution in [0.2, 0.25) is 0 Å². The number of carbonyl (C=O) groups excluding carboxylic acids is 2. The number of rotatable bonds is 4. The SMILES string of the molecule is CC(C)CCNC(=O)N1CCc2cc(O)c(N3CC(=O)NS3(=O)=O)c(F)c2C1. The number of hydrogen-bond donors (Lipinski definition) is 3. The maximum atomic E-state index is 15.2. The fraction of sp³-hybridized carbons (Fsp3) is 0.529. The van der Waals surface area contributed by atoms with Crippen LogP contribution in [-0.4, -0.2) is 50.0 Å². The van der Waals surface area contributed by atoms with Crippen LogP contribution in [0.3, 0.4) is 0 Å². The molecular weight excluding hydrogens is 391 g/mol. The molecule has 0 aromatic heterocycles. The zero-order valence-corrected chi connectivity index (χ0v) is 16.5. The number of anilines is 1. The van der Waals surface area contributed by atoms with Crippen molar-refractivity contribution in [3.63, 3.8) is 0 Å². The summed E-state index contributed by atoms with van der Waals surface area (Å²) in [5, 5.41) is 13.0. The van der Waals surface area contributed by atoms with E-state index in [0.29, 0.717) is 35.3 Å². The van der Waals surface area contributed by atoms with Gasteiger partial charge in [-0.2, -0.15) is 8.42 Å². The number of nitrogens with zero attached hydrogens (tertiary/aromatic N) is 2. The van der Waals surface area contributed by atoms with Gasteiger partial charge < -0.3 is 15.3 Å². The Kier molecular flexibility index (Phi) is 5.37. The van der Waals surface area contributed by atoms with E-state index in [1.54, 1.807) is 4.72 Å². The van der Waals surface area contributed by atoms with Gasteiger partial charge in [-0.1, -0.05) is 13.8 Å². The Labute approximate surface area is 162 Å². The number of benzene rings is 1. The van der Waals surface area contributed by atoms with Gasteiger partial charge in [-0.05, 0) is 30.4 Å². The van der Waals surface area contributed by atoms with E-state index in [2.05, 4.69) is 5.32 Å². The van der Waals surface area contributed by atoms with Gasteiger partial charge in [-0.15, -0.1) is 0 Å². The summed E-state index contributed by atoms with van der Waals surface area (Å²) in [5.74, 6) is -1.90. The Bertz CT molecular complexity index is 919. The monoisotopic (exact) mass is 414 g/mol. The summed E-state index contributed by atoms with van der Waals surface area (Å²) in [7, 11) is -4.27. The number of aromatic hydroxyl groups is 1. The highest BCUT2D eigenvalue weighted by atomic mass is 32.2. The van der Waals surface area contributed by atoms with Crippen LogP contribution in [-0.2, 0) is 28.0 Å². The lowest BCUT2D eigenvalue weighted by Gasteiger charge is -2.31. The Balaban J connectivity index is 1.86. The van der Waals surface area contributed by atoms with Crippen molar-refractivity contribution < 1.29 is 27.5 Å². The third-order valence-electron chi connectivity index (χ3n) is 4.77. The van der Waals surface area contributed by atoms with Gasteiger partial charge in [0.15, 0.2) is 5.82 Å². The number of halogens is 1. The van der Waals surface area contributed by atoms with Crippen molar-refractivity contribution in [1.82, 2.24) is 14.9 Å².